The van der Waals surface area contributed by atoms with Gasteiger partial charge in [-0.1, -0.05) is 42.1 Å². The SMILES string of the molecule is COc1ccc(Sc2nc3c(=O)n4cc(-c5ccccc5)[nH]c4nc3n2CCO)cc1. The third kappa shape index (κ3) is 3.47. The van der Waals surface area contributed by atoms with Gasteiger partial charge in [-0.05, 0) is 29.8 Å². The molecule has 5 rings (SSSR count). The van der Waals surface area contributed by atoms with Crippen LogP contribution in [0.1, 0.15) is 0 Å². The van der Waals surface area contributed by atoms with Gasteiger partial charge in [0.25, 0.3) is 5.56 Å². The van der Waals surface area contributed by atoms with Crippen LogP contribution in [0.15, 0.2) is 75.6 Å². The van der Waals surface area contributed by atoms with Gasteiger partial charge in [-0.2, -0.15) is 4.98 Å². The Bertz CT molecular complexity index is 1420. The summed E-state index contributed by atoms with van der Waals surface area (Å²) in [6.07, 6.45) is 1.74. The van der Waals surface area contributed by atoms with E-state index < -0.39 is 0 Å². The summed E-state index contributed by atoms with van der Waals surface area (Å²) < 4.78 is 8.45. The first kappa shape index (κ1) is 19.4. The Balaban J connectivity index is 1.63. The molecule has 0 radical (unpaired) electrons. The molecule has 0 fully saturated rings. The third-order valence-corrected chi connectivity index (χ3v) is 5.95. The molecule has 8 nitrogen and oxygen atoms in total. The summed E-state index contributed by atoms with van der Waals surface area (Å²) in [6, 6.07) is 17.3. The normalized spacial score (nSPS) is 11.4. The fraction of sp³-hybridized carbons (Fsp3) is 0.136. The maximum atomic E-state index is 13.2. The van der Waals surface area contributed by atoms with E-state index in [0.717, 1.165) is 21.9 Å². The highest BCUT2D eigenvalue weighted by Crippen LogP contribution is 2.30. The van der Waals surface area contributed by atoms with Crippen LogP contribution in [-0.2, 0) is 6.54 Å². The summed E-state index contributed by atoms with van der Waals surface area (Å²) in [7, 11) is 1.62. The molecule has 156 valence electrons. The molecular weight excluding hydrogens is 414 g/mol. The Morgan fingerprint density at radius 2 is 1.87 bits per heavy atom. The number of hydrogen-bond donors (Lipinski definition) is 2. The maximum absolute atomic E-state index is 13.2. The fourth-order valence-corrected chi connectivity index (χ4v) is 4.34. The van der Waals surface area contributed by atoms with E-state index in [2.05, 4.69) is 15.0 Å². The molecule has 0 unspecified atom stereocenters. The molecular formula is C22H19N5O3S. The number of nitrogens with zero attached hydrogens (tertiary/aromatic N) is 4. The van der Waals surface area contributed by atoms with Gasteiger partial charge >= 0.3 is 0 Å². The maximum Gasteiger partial charge on any atom is 0.287 e. The minimum Gasteiger partial charge on any atom is -0.497 e. The molecule has 0 amide bonds. The van der Waals surface area contributed by atoms with Crippen molar-refractivity contribution < 1.29 is 9.84 Å². The molecule has 9 heteroatoms. The number of aliphatic hydroxyl groups is 1. The van der Waals surface area contributed by atoms with Crippen molar-refractivity contribution in [3.63, 3.8) is 0 Å². The second-order valence-electron chi connectivity index (χ2n) is 6.86. The van der Waals surface area contributed by atoms with Crippen molar-refractivity contribution in [2.24, 2.45) is 0 Å². The van der Waals surface area contributed by atoms with Gasteiger partial charge in [-0.15, -0.1) is 0 Å². The predicted octanol–water partition coefficient (Wildman–Crippen LogP) is 3.19. The van der Waals surface area contributed by atoms with Crippen molar-refractivity contribution in [3.05, 3.63) is 71.1 Å². The van der Waals surface area contributed by atoms with Crippen molar-refractivity contribution in [1.29, 1.82) is 0 Å². The molecule has 0 bridgehead atoms. The minimum absolute atomic E-state index is 0.0946. The molecule has 0 aliphatic heterocycles. The number of imidazole rings is 2. The Morgan fingerprint density at radius 1 is 1.10 bits per heavy atom. The zero-order valence-corrected chi connectivity index (χ0v) is 17.5. The Labute approximate surface area is 181 Å². The molecule has 0 saturated heterocycles. The quantitative estimate of drug-likeness (QED) is 0.427. The summed E-state index contributed by atoms with van der Waals surface area (Å²) in [5.74, 6) is 1.19. The van der Waals surface area contributed by atoms with E-state index in [0.29, 0.717) is 16.6 Å². The lowest BCUT2D eigenvalue weighted by atomic mass is 10.2. The summed E-state index contributed by atoms with van der Waals surface area (Å²) in [6.45, 7) is 0.187. The molecule has 0 saturated carbocycles. The van der Waals surface area contributed by atoms with Crippen LogP contribution >= 0.6 is 11.8 Å². The number of aromatic nitrogens is 5. The van der Waals surface area contributed by atoms with Crippen LogP contribution in [0.3, 0.4) is 0 Å². The van der Waals surface area contributed by atoms with Crippen molar-refractivity contribution in [2.75, 3.05) is 13.7 Å². The molecule has 3 aromatic heterocycles. The van der Waals surface area contributed by atoms with Gasteiger partial charge in [0.1, 0.15) is 5.75 Å². The number of hydrogen-bond acceptors (Lipinski definition) is 6. The van der Waals surface area contributed by atoms with Gasteiger partial charge in [-0.25, -0.2) is 9.38 Å². The fourth-order valence-electron chi connectivity index (χ4n) is 3.43. The van der Waals surface area contributed by atoms with E-state index in [4.69, 9.17) is 4.74 Å². The Hall–Kier alpha value is -3.56. The molecule has 5 aromatic rings. The molecule has 3 heterocycles. The number of ether oxygens (including phenoxy) is 1. The number of H-pyrrole nitrogens is 1. The lowest BCUT2D eigenvalue weighted by Gasteiger charge is -2.06. The average molecular weight is 433 g/mol. The Morgan fingerprint density at radius 3 is 2.58 bits per heavy atom. The van der Waals surface area contributed by atoms with Crippen LogP contribution in [0.5, 0.6) is 5.75 Å². The predicted molar refractivity (Wildman–Crippen MR) is 119 cm³/mol. The van der Waals surface area contributed by atoms with E-state index in [1.807, 2.05) is 54.6 Å². The zero-order chi connectivity index (χ0) is 21.4. The Kier molecular flexibility index (Phi) is 4.97. The molecule has 0 atom stereocenters. The molecule has 2 N–H and O–H groups in total. The summed E-state index contributed by atoms with van der Waals surface area (Å²) in [4.78, 5) is 26.6. The first-order valence-electron chi connectivity index (χ1n) is 9.67. The molecule has 31 heavy (non-hydrogen) atoms. The molecule has 0 spiro atoms. The number of benzene rings is 2. The van der Waals surface area contributed by atoms with Crippen LogP contribution in [-0.4, -0.2) is 42.7 Å². The van der Waals surface area contributed by atoms with Crippen molar-refractivity contribution in [3.8, 4) is 17.0 Å². The number of rotatable bonds is 6. The van der Waals surface area contributed by atoms with Gasteiger partial charge < -0.3 is 19.4 Å². The smallest absolute Gasteiger partial charge is 0.287 e. The van der Waals surface area contributed by atoms with Gasteiger partial charge in [0.15, 0.2) is 16.3 Å². The molecule has 0 aliphatic rings. The van der Waals surface area contributed by atoms with Crippen LogP contribution in [0, 0.1) is 0 Å². The van der Waals surface area contributed by atoms with E-state index in [1.165, 1.54) is 16.2 Å². The molecule has 0 aliphatic carbocycles. The van der Waals surface area contributed by atoms with Crippen molar-refractivity contribution in [2.45, 2.75) is 16.6 Å². The number of aliphatic hydroxyl groups excluding tert-OH is 1. The number of aromatic amines is 1. The van der Waals surface area contributed by atoms with Crippen LogP contribution < -0.4 is 10.3 Å². The van der Waals surface area contributed by atoms with Gasteiger partial charge in [0, 0.05) is 17.6 Å². The van der Waals surface area contributed by atoms with Crippen molar-refractivity contribution in [1.82, 2.24) is 23.9 Å². The average Bonchev–Trinajstić information content (AvgIpc) is 3.38. The number of methoxy groups -OCH3 is 1. The largest absolute Gasteiger partial charge is 0.497 e. The summed E-state index contributed by atoms with van der Waals surface area (Å²) in [5, 5.41) is 10.2. The van der Waals surface area contributed by atoms with Gasteiger partial charge in [-0.3, -0.25) is 4.79 Å². The summed E-state index contributed by atoms with van der Waals surface area (Å²) >= 11 is 1.40. The zero-order valence-electron chi connectivity index (χ0n) is 16.6. The lowest BCUT2D eigenvalue weighted by molar-refractivity contribution is 0.273. The van der Waals surface area contributed by atoms with E-state index >= 15 is 0 Å². The highest BCUT2D eigenvalue weighted by atomic mass is 32.2. The number of nitrogens with one attached hydrogen (secondary N) is 1. The molecule has 2 aromatic carbocycles. The standard InChI is InChI=1S/C22H19N5O3S/c1-30-15-7-9-16(10-8-15)31-22-24-18-19(26(22)11-12-28)25-21-23-17(13-27(21)20(18)29)14-5-3-2-4-6-14/h2-10,13,28H,11-12H2,1H3,(H,23,25). The van der Waals surface area contributed by atoms with Crippen LogP contribution in [0.2, 0.25) is 0 Å². The second kappa shape index (κ2) is 7.93. The first-order valence-corrected chi connectivity index (χ1v) is 10.5. The van der Waals surface area contributed by atoms with Crippen LogP contribution in [0.25, 0.3) is 28.2 Å². The minimum atomic E-state index is -0.258. The van der Waals surface area contributed by atoms with Crippen molar-refractivity contribution >= 4 is 28.7 Å². The number of fused-ring (bicyclic) bond motifs is 2. The third-order valence-electron chi connectivity index (χ3n) is 4.95. The second-order valence-corrected chi connectivity index (χ2v) is 7.90. The lowest BCUT2D eigenvalue weighted by Crippen LogP contribution is -2.14. The van der Waals surface area contributed by atoms with E-state index in [-0.39, 0.29) is 24.2 Å². The monoisotopic (exact) mass is 433 g/mol. The topological polar surface area (TPSA) is 97.4 Å². The van der Waals surface area contributed by atoms with Crippen LogP contribution in [0.4, 0.5) is 0 Å². The summed E-state index contributed by atoms with van der Waals surface area (Å²) in [5.41, 5.74) is 2.20. The van der Waals surface area contributed by atoms with E-state index in [1.54, 1.807) is 17.9 Å². The van der Waals surface area contributed by atoms with Gasteiger partial charge in [0.05, 0.1) is 19.4 Å². The van der Waals surface area contributed by atoms with Gasteiger partial charge in [0.2, 0.25) is 5.78 Å². The first-order chi connectivity index (χ1) is 15.2. The van der Waals surface area contributed by atoms with E-state index in [9.17, 15) is 9.90 Å². The highest BCUT2D eigenvalue weighted by Gasteiger charge is 2.19. The highest BCUT2D eigenvalue weighted by molar-refractivity contribution is 7.99.